The summed E-state index contributed by atoms with van der Waals surface area (Å²) in [5.74, 6) is 0. The summed E-state index contributed by atoms with van der Waals surface area (Å²) in [6, 6.07) is 84.6. The van der Waals surface area contributed by atoms with E-state index in [4.69, 9.17) is 0 Å². The van der Waals surface area contributed by atoms with Crippen LogP contribution in [-0.4, -0.2) is 0 Å². The van der Waals surface area contributed by atoms with Crippen LogP contribution in [-0.2, 0) is 16.2 Å². The number of para-hydroxylation sites is 1. The summed E-state index contributed by atoms with van der Waals surface area (Å²) in [6.07, 6.45) is 0. The largest absolute Gasteiger partial charge is 0.310 e. The first kappa shape index (κ1) is 39.2. The highest BCUT2D eigenvalue weighted by Crippen LogP contribution is 2.66. The third-order valence-corrected chi connectivity index (χ3v) is 16.3. The maximum Gasteiger partial charge on any atom is 0.0725 e. The minimum atomic E-state index is -0.445. The molecule has 322 valence electrons. The van der Waals surface area contributed by atoms with Gasteiger partial charge in [0.1, 0.15) is 0 Å². The molecule has 1 atom stereocenters. The fourth-order valence-electron chi connectivity index (χ4n) is 13.1. The number of rotatable bonds is 5. The molecule has 10 aromatic carbocycles. The van der Waals surface area contributed by atoms with Gasteiger partial charge in [-0.15, -0.1) is 0 Å². The summed E-state index contributed by atoms with van der Waals surface area (Å²) < 4.78 is 0. The molecule has 14 rings (SSSR count). The van der Waals surface area contributed by atoms with Gasteiger partial charge in [-0.3, -0.25) is 0 Å². The number of fused-ring (bicyclic) bond motifs is 17. The minimum absolute atomic E-state index is 0.0801. The number of benzene rings is 10. The Hall–Kier alpha value is -8.00. The fourth-order valence-corrected chi connectivity index (χ4v) is 13.1. The van der Waals surface area contributed by atoms with Gasteiger partial charge in [-0.05, 0) is 160 Å². The Kier molecular flexibility index (Phi) is 8.08. The second kappa shape index (κ2) is 14.0. The Morgan fingerprint density at radius 2 is 0.662 bits per heavy atom. The van der Waals surface area contributed by atoms with E-state index >= 15 is 0 Å². The van der Waals surface area contributed by atoms with E-state index < -0.39 is 5.41 Å². The number of nitrogens with zero attached hydrogens (tertiary/aromatic N) is 1. The molecule has 1 unspecified atom stereocenters. The average Bonchev–Trinajstić information content (AvgIpc) is 4.02. The highest BCUT2D eigenvalue weighted by atomic mass is 15.1. The van der Waals surface area contributed by atoms with Crippen molar-refractivity contribution in [2.45, 2.75) is 43.9 Å². The first-order valence-electron chi connectivity index (χ1n) is 24.2. The molecule has 1 nitrogen and oxygen atoms in total. The molecular formula is C67H49N. The highest BCUT2D eigenvalue weighted by molar-refractivity contribution is 6.03. The Morgan fingerprint density at radius 3 is 1.35 bits per heavy atom. The van der Waals surface area contributed by atoms with E-state index in [-0.39, 0.29) is 10.8 Å². The lowest BCUT2D eigenvalue weighted by molar-refractivity contribution is 0.660. The molecule has 0 amide bonds. The van der Waals surface area contributed by atoms with E-state index in [0.717, 1.165) is 17.1 Å². The van der Waals surface area contributed by atoms with Gasteiger partial charge in [-0.1, -0.05) is 204 Å². The number of hydrogen-bond donors (Lipinski definition) is 0. The predicted molar refractivity (Wildman–Crippen MR) is 283 cm³/mol. The van der Waals surface area contributed by atoms with Crippen molar-refractivity contribution in [3.8, 4) is 66.8 Å². The maximum atomic E-state index is 2.54. The summed E-state index contributed by atoms with van der Waals surface area (Å²) in [6.45, 7) is 9.61. The molecule has 0 heterocycles. The van der Waals surface area contributed by atoms with E-state index in [1.165, 1.54) is 111 Å². The van der Waals surface area contributed by atoms with Crippen LogP contribution in [0.4, 0.5) is 17.1 Å². The summed E-state index contributed by atoms with van der Waals surface area (Å²) in [7, 11) is 0. The number of hydrogen-bond acceptors (Lipinski definition) is 1. The summed E-state index contributed by atoms with van der Waals surface area (Å²) in [4.78, 5) is 2.39. The normalized spacial score (nSPS) is 16.5. The zero-order valence-corrected chi connectivity index (χ0v) is 38.8. The van der Waals surface area contributed by atoms with Crippen LogP contribution in [0, 0.1) is 0 Å². The molecule has 1 spiro atoms. The van der Waals surface area contributed by atoms with Crippen molar-refractivity contribution in [1.82, 2.24) is 0 Å². The standard InChI is InChI=1S/C67H49N/c1-65(2)55-24-14-12-22-53(55)63-58(65)37-38-59-64(63)54-23-13-16-26-57(54)67(59)56-25-15-11-21-49(56)52-35-30-45(40-62(52)67)44-29-34-50-51-36-33-48(41-61(51)66(3,4)60(50)39-44)68(46-19-9-6-10-20-46)47-31-27-43(28-32-47)42-17-7-5-8-18-42/h5-41H,1-4H3. The van der Waals surface area contributed by atoms with Crippen LogP contribution >= 0.6 is 0 Å². The van der Waals surface area contributed by atoms with Crippen LogP contribution in [0.3, 0.4) is 0 Å². The molecule has 0 radical (unpaired) electrons. The van der Waals surface area contributed by atoms with Crippen LogP contribution in [0.1, 0.15) is 72.2 Å². The average molecular weight is 868 g/mol. The van der Waals surface area contributed by atoms with Gasteiger partial charge in [-0.25, -0.2) is 0 Å². The first-order valence-corrected chi connectivity index (χ1v) is 24.2. The molecule has 68 heavy (non-hydrogen) atoms. The second-order valence-electron chi connectivity index (χ2n) is 20.4. The van der Waals surface area contributed by atoms with Crippen molar-refractivity contribution in [2.24, 2.45) is 0 Å². The molecule has 4 aliphatic rings. The Balaban J connectivity index is 0.892. The second-order valence-corrected chi connectivity index (χ2v) is 20.4. The van der Waals surface area contributed by atoms with Gasteiger partial charge in [-0.2, -0.15) is 0 Å². The minimum Gasteiger partial charge on any atom is -0.310 e. The van der Waals surface area contributed by atoms with Crippen molar-refractivity contribution in [3.05, 3.63) is 269 Å². The van der Waals surface area contributed by atoms with Gasteiger partial charge in [0.05, 0.1) is 5.41 Å². The summed E-state index contributed by atoms with van der Waals surface area (Å²) in [5, 5.41) is 0. The molecule has 4 aliphatic carbocycles. The van der Waals surface area contributed by atoms with Gasteiger partial charge >= 0.3 is 0 Å². The third kappa shape index (κ3) is 5.17. The zero-order chi connectivity index (χ0) is 45.5. The lowest BCUT2D eigenvalue weighted by Gasteiger charge is -2.31. The van der Waals surface area contributed by atoms with Crippen LogP contribution in [0.15, 0.2) is 224 Å². The van der Waals surface area contributed by atoms with Crippen molar-refractivity contribution in [1.29, 1.82) is 0 Å². The first-order chi connectivity index (χ1) is 33.2. The molecule has 0 aromatic heterocycles. The lowest BCUT2D eigenvalue weighted by Crippen LogP contribution is -2.26. The summed E-state index contributed by atoms with van der Waals surface area (Å²) in [5.41, 5.74) is 29.5. The molecule has 0 fully saturated rings. The molecule has 1 heteroatoms. The Bertz CT molecular complexity index is 3720. The van der Waals surface area contributed by atoms with Crippen LogP contribution in [0.5, 0.6) is 0 Å². The van der Waals surface area contributed by atoms with Crippen LogP contribution < -0.4 is 4.90 Å². The van der Waals surface area contributed by atoms with Crippen LogP contribution in [0.25, 0.3) is 66.8 Å². The monoisotopic (exact) mass is 867 g/mol. The van der Waals surface area contributed by atoms with E-state index in [1.54, 1.807) is 0 Å². The molecule has 0 saturated carbocycles. The van der Waals surface area contributed by atoms with Gasteiger partial charge in [0, 0.05) is 27.9 Å². The van der Waals surface area contributed by atoms with Crippen molar-refractivity contribution in [3.63, 3.8) is 0 Å². The van der Waals surface area contributed by atoms with E-state index in [9.17, 15) is 0 Å². The Labute approximate surface area is 399 Å². The van der Waals surface area contributed by atoms with Crippen molar-refractivity contribution < 1.29 is 0 Å². The molecule has 10 aromatic rings. The van der Waals surface area contributed by atoms with Gasteiger partial charge in [0.15, 0.2) is 0 Å². The topological polar surface area (TPSA) is 3.24 Å². The van der Waals surface area contributed by atoms with Gasteiger partial charge < -0.3 is 4.90 Å². The Morgan fingerprint density at radius 1 is 0.250 bits per heavy atom. The highest BCUT2D eigenvalue weighted by Gasteiger charge is 2.54. The predicted octanol–water partition coefficient (Wildman–Crippen LogP) is 17.4. The van der Waals surface area contributed by atoms with Crippen molar-refractivity contribution >= 4 is 17.1 Å². The smallest absolute Gasteiger partial charge is 0.0725 e. The summed E-state index contributed by atoms with van der Waals surface area (Å²) >= 11 is 0. The maximum absolute atomic E-state index is 2.54. The zero-order valence-electron chi connectivity index (χ0n) is 38.8. The van der Waals surface area contributed by atoms with E-state index in [2.05, 4.69) is 257 Å². The van der Waals surface area contributed by atoms with Gasteiger partial charge in [0.2, 0.25) is 0 Å². The molecule has 0 N–H and O–H groups in total. The van der Waals surface area contributed by atoms with E-state index in [0.29, 0.717) is 0 Å². The molecule has 0 bridgehead atoms. The van der Waals surface area contributed by atoms with E-state index in [1.807, 2.05) is 0 Å². The fraction of sp³-hybridized carbons (Fsp3) is 0.104. The lowest BCUT2D eigenvalue weighted by atomic mass is 9.69. The quantitative estimate of drug-likeness (QED) is 0.167. The van der Waals surface area contributed by atoms with Crippen LogP contribution in [0.2, 0.25) is 0 Å². The molecule has 0 saturated heterocycles. The molecular weight excluding hydrogens is 819 g/mol. The number of anilines is 3. The SMILES string of the molecule is CC1(C)c2cc(-c3ccc4c(c3)C3(c5ccccc5-4)c4ccccc4-c4c3ccc3c4-c4ccccc4C3(C)C)ccc2-c2ccc(N(c3ccccc3)c3ccc(-c4ccccc4)cc3)cc21. The third-order valence-electron chi connectivity index (χ3n) is 16.3. The van der Waals surface area contributed by atoms with Gasteiger partial charge in [0.25, 0.3) is 0 Å². The molecule has 0 aliphatic heterocycles. The van der Waals surface area contributed by atoms with Crippen molar-refractivity contribution in [2.75, 3.05) is 4.90 Å².